The summed E-state index contributed by atoms with van der Waals surface area (Å²) in [6.07, 6.45) is -2.41. The lowest BCUT2D eigenvalue weighted by atomic mass is 9.85. The molecule has 1 amide bonds. The number of piperidine rings is 1. The number of aromatic hydroxyl groups is 1. The van der Waals surface area contributed by atoms with E-state index in [1.165, 1.54) is 19.2 Å². The van der Waals surface area contributed by atoms with Gasteiger partial charge in [-0.1, -0.05) is 18.2 Å². The van der Waals surface area contributed by atoms with Crippen LogP contribution < -0.4 is 14.8 Å². The summed E-state index contributed by atoms with van der Waals surface area (Å²) in [6.45, 7) is 0.145. The number of hydrogen-bond acceptors (Lipinski definition) is 5. The summed E-state index contributed by atoms with van der Waals surface area (Å²) in [5.74, 6) is 0.391. The van der Waals surface area contributed by atoms with E-state index < -0.39 is 17.5 Å². The quantitative estimate of drug-likeness (QED) is 0.750. The van der Waals surface area contributed by atoms with Gasteiger partial charge >= 0.3 is 6.18 Å². The predicted octanol–water partition coefficient (Wildman–Crippen LogP) is 3.94. The fourth-order valence-electron chi connectivity index (χ4n) is 3.75. The Morgan fingerprint density at radius 1 is 1.19 bits per heavy atom. The van der Waals surface area contributed by atoms with Gasteiger partial charge in [0, 0.05) is 23.5 Å². The lowest BCUT2D eigenvalue weighted by Crippen LogP contribution is -2.38. The van der Waals surface area contributed by atoms with Gasteiger partial charge in [-0.15, -0.1) is 0 Å². The van der Waals surface area contributed by atoms with E-state index in [2.05, 4.69) is 10.3 Å². The molecule has 6 nitrogen and oxygen atoms in total. The monoisotopic (exact) mass is 432 g/mol. The molecular formula is C22H19F3N2O4. The van der Waals surface area contributed by atoms with Crippen LogP contribution in [-0.4, -0.2) is 30.5 Å². The van der Waals surface area contributed by atoms with Crippen LogP contribution in [0.2, 0.25) is 0 Å². The summed E-state index contributed by atoms with van der Waals surface area (Å²) in [7, 11) is 1.43. The fraction of sp³-hybridized carbons (Fsp3) is 0.273. The van der Waals surface area contributed by atoms with Gasteiger partial charge in [-0.05, 0) is 29.8 Å². The predicted molar refractivity (Wildman–Crippen MR) is 106 cm³/mol. The molecule has 0 radical (unpaired) electrons. The third kappa shape index (κ3) is 4.21. The average molecular weight is 432 g/mol. The number of methoxy groups -OCH3 is 1. The van der Waals surface area contributed by atoms with Crippen LogP contribution in [0.15, 0.2) is 53.0 Å². The van der Waals surface area contributed by atoms with Crippen molar-refractivity contribution < 1.29 is 32.5 Å². The third-order valence-corrected chi connectivity index (χ3v) is 5.23. The minimum absolute atomic E-state index is 0.114. The number of halogens is 3. The number of amides is 1. The molecular weight excluding hydrogens is 413 g/mol. The van der Waals surface area contributed by atoms with Crippen molar-refractivity contribution in [3.63, 3.8) is 0 Å². The minimum Gasteiger partial charge on any atom is -0.508 e. The second-order valence-electron chi connectivity index (χ2n) is 7.19. The molecule has 0 aromatic heterocycles. The van der Waals surface area contributed by atoms with Crippen molar-refractivity contribution in [2.45, 2.75) is 25.1 Å². The van der Waals surface area contributed by atoms with Crippen LogP contribution in [0.25, 0.3) is 0 Å². The third-order valence-electron chi connectivity index (χ3n) is 5.23. The zero-order valence-electron chi connectivity index (χ0n) is 16.5. The number of fused-ring (bicyclic) bond motifs is 1. The second-order valence-corrected chi connectivity index (χ2v) is 7.19. The highest BCUT2D eigenvalue weighted by atomic mass is 19.4. The number of phenols is 1. The number of alkyl halides is 3. The molecule has 0 bridgehead atoms. The molecule has 2 N–H and O–H groups in total. The molecule has 1 atom stereocenters. The molecule has 2 aromatic rings. The van der Waals surface area contributed by atoms with Gasteiger partial charge in [0.1, 0.15) is 18.2 Å². The first kappa shape index (κ1) is 20.8. The van der Waals surface area contributed by atoms with E-state index in [0.29, 0.717) is 24.2 Å². The number of nitrogens with zero attached hydrogens (tertiary/aromatic N) is 1. The van der Waals surface area contributed by atoms with E-state index in [1.807, 2.05) is 6.08 Å². The van der Waals surface area contributed by atoms with Crippen LogP contribution in [-0.2, 0) is 17.6 Å². The molecule has 2 aliphatic rings. The summed E-state index contributed by atoms with van der Waals surface area (Å²) in [5.41, 5.74) is 0.684. The second kappa shape index (κ2) is 7.98. The number of hydrogen-bond donors (Lipinski definition) is 2. The van der Waals surface area contributed by atoms with E-state index in [9.17, 15) is 23.1 Å². The zero-order valence-corrected chi connectivity index (χ0v) is 16.5. The van der Waals surface area contributed by atoms with Gasteiger partial charge in [0.05, 0.1) is 19.2 Å². The van der Waals surface area contributed by atoms with Gasteiger partial charge in [0.25, 0.3) is 0 Å². The Balaban J connectivity index is 1.58. The smallest absolute Gasteiger partial charge is 0.416 e. The lowest BCUT2D eigenvalue weighted by molar-refractivity contribution is -0.138. The molecule has 9 heteroatoms. The van der Waals surface area contributed by atoms with Gasteiger partial charge in [-0.2, -0.15) is 13.2 Å². The Morgan fingerprint density at radius 3 is 2.74 bits per heavy atom. The summed E-state index contributed by atoms with van der Waals surface area (Å²) in [5, 5.41) is 12.2. The number of carbonyl (C=O) groups excluding carboxylic acids is 1. The first-order valence-electron chi connectivity index (χ1n) is 9.51. The Morgan fingerprint density at radius 2 is 2.00 bits per heavy atom. The van der Waals surface area contributed by atoms with E-state index in [4.69, 9.17) is 9.47 Å². The van der Waals surface area contributed by atoms with Gasteiger partial charge in [0.15, 0.2) is 11.5 Å². The van der Waals surface area contributed by atoms with Crippen molar-refractivity contribution in [2.24, 2.45) is 4.99 Å². The van der Waals surface area contributed by atoms with Crippen LogP contribution in [0.3, 0.4) is 0 Å². The van der Waals surface area contributed by atoms with E-state index in [1.54, 1.807) is 18.2 Å². The molecule has 1 fully saturated rings. The number of aliphatic imine (C=N–C) groups is 1. The van der Waals surface area contributed by atoms with Gasteiger partial charge in [-0.3, -0.25) is 9.79 Å². The molecule has 2 aliphatic heterocycles. The molecule has 0 saturated carbocycles. The molecule has 0 aliphatic carbocycles. The fourth-order valence-corrected chi connectivity index (χ4v) is 3.75. The number of rotatable bonds is 5. The molecule has 0 spiro atoms. The number of amidine groups is 1. The number of ether oxygens (including phenoxy) is 2. The summed E-state index contributed by atoms with van der Waals surface area (Å²) in [6, 6.07) is 8.11. The summed E-state index contributed by atoms with van der Waals surface area (Å²) in [4.78, 5) is 16.3. The van der Waals surface area contributed by atoms with Gasteiger partial charge < -0.3 is 19.9 Å². The lowest BCUT2D eigenvalue weighted by Gasteiger charge is -2.26. The first-order chi connectivity index (χ1) is 14.8. The van der Waals surface area contributed by atoms with Crippen molar-refractivity contribution in [1.29, 1.82) is 0 Å². The van der Waals surface area contributed by atoms with Crippen LogP contribution in [0.4, 0.5) is 13.2 Å². The van der Waals surface area contributed by atoms with Crippen molar-refractivity contribution in [3.05, 3.63) is 64.7 Å². The first-order valence-corrected chi connectivity index (χ1v) is 9.51. The average Bonchev–Trinajstić information content (AvgIpc) is 3.19. The topological polar surface area (TPSA) is 80.2 Å². The van der Waals surface area contributed by atoms with Crippen LogP contribution in [0, 0.1) is 0 Å². The maximum absolute atomic E-state index is 13.3. The normalized spacial score (nSPS) is 18.1. The van der Waals surface area contributed by atoms with E-state index in [0.717, 1.165) is 11.1 Å². The largest absolute Gasteiger partial charge is 0.508 e. The standard InChI is InChI=1S/C22H19F3N2O4/c1-30-19-8-12(16-10-20(29)27-21-15(16)6-7-26-21)3-5-18(19)31-11-13-2-4-14(28)9-17(13)22(23,24)25/h2-6,8-9,16,28H,7,10-11H2,1H3,(H,26,27,29). The SMILES string of the molecule is COc1cc(C2CC(=O)NC3=NCC=C32)ccc1OCc1ccc(O)cc1C(F)(F)F. The highest BCUT2D eigenvalue weighted by Gasteiger charge is 2.34. The zero-order chi connectivity index (χ0) is 22.2. The van der Waals surface area contributed by atoms with Gasteiger partial charge in [0.2, 0.25) is 5.91 Å². The molecule has 2 heterocycles. The van der Waals surface area contributed by atoms with Crippen molar-refractivity contribution in [2.75, 3.05) is 13.7 Å². The Kier molecular flexibility index (Phi) is 5.34. The Bertz CT molecular complexity index is 1090. The summed E-state index contributed by atoms with van der Waals surface area (Å²) >= 11 is 0. The number of benzene rings is 2. The van der Waals surface area contributed by atoms with Crippen molar-refractivity contribution in [3.8, 4) is 17.2 Å². The van der Waals surface area contributed by atoms with E-state index >= 15 is 0 Å². The molecule has 1 unspecified atom stereocenters. The van der Waals surface area contributed by atoms with Crippen LogP contribution in [0.1, 0.15) is 29.0 Å². The van der Waals surface area contributed by atoms with Crippen LogP contribution in [0.5, 0.6) is 17.2 Å². The number of nitrogens with one attached hydrogen (secondary N) is 1. The molecule has 162 valence electrons. The summed E-state index contributed by atoms with van der Waals surface area (Å²) < 4.78 is 50.8. The Labute approximate surface area is 176 Å². The van der Waals surface area contributed by atoms with Crippen molar-refractivity contribution in [1.82, 2.24) is 5.32 Å². The van der Waals surface area contributed by atoms with Gasteiger partial charge in [-0.25, -0.2) is 0 Å². The molecule has 4 rings (SSSR count). The van der Waals surface area contributed by atoms with Crippen LogP contribution >= 0.6 is 0 Å². The maximum Gasteiger partial charge on any atom is 0.416 e. The highest BCUT2D eigenvalue weighted by molar-refractivity contribution is 6.12. The molecule has 2 aromatic carbocycles. The minimum atomic E-state index is -4.62. The molecule has 1 saturated heterocycles. The number of carbonyl (C=O) groups is 1. The highest BCUT2D eigenvalue weighted by Crippen LogP contribution is 2.39. The van der Waals surface area contributed by atoms with E-state index in [-0.39, 0.29) is 36.2 Å². The molecule has 31 heavy (non-hydrogen) atoms. The van der Waals surface area contributed by atoms with Crippen molar-refractivity contribution >= 4 is 11.7 Å². The number of phenolic OH excluding ortho intramolecular Hbond substituents is 1. The Hall–Kier alpha value is -3.49. The maximum atomic E-state index is 13.3.